The Morgan fingerprint density at radius 2 is 1.93 bits per heavy atom. The van der Waals surface area contributed by atoms with Crippen molar-refractivity contribution in [1.29, 1.82) is 0 Å². The lowest BCUT2D eigenvalue weighted by molar-refractivity contribution is -0.264. The summed E-state index contributed by atoms with van der Waals surface area (Å²) in [6.07, 6.45) is -6.81. The van der Waals surface area contributed by atoms with Gasteiger partial charge in [0.15, 0.2) is 16.9 Å². The van der Waals surface area contributed by atoms with Crippen LogP contribution in [0.2, 0.25) is 0 Å². The number of nitrogens with one attached hydrogen (secondary N) is 1. The van der Waals surface area contributed by atoms with Gasteiger partial charge in [0.25, 0.3) is 5.91 Å². The molecular weight excluding hydrogens is 570 g/mol. The number of ether oxygens (including phenoxy) is 2. The lowest BCUT2D eigenvalue weighted by atomic mass is 10.00. The number of fused-ring (bicyclic) bond motifs is 1. The molecule has 1 aliphatic rings. The van der Waals surface area contributed by atoms with Crippen molar-refractivity contribution < 1.29 is 50.0 Å². The molecule has 1 fully saturated rings. The molecule has 0 radical (unpaired) electrons. The van der Waals surface area contributed by atoms with Crippen molar-refractivity contribution >= 4 is 17.6 Å². The molecule has 1 saturated heterocycles. The molecule has 41 heavy (non-hydrogen) atoms. The summed E-state index contributed by atoms with van der Waals surface area (Å²) in [5.74, 6) is -2.30. The zero-order chi connectivity index (χ0) is 30.3. The van der Waals surface area contributed by atoms with Gasteiger partial charge in [-0.2, -0.15) is 31.4 Å². The highest BCUT2D eigenvalue weighted by Crippen LogP contribution is 2.36. The first-order chi connectivity index (χ1) is 19.0. The topological polar surface area (TPSA) is 163 Å². The molecule has 13 nitrogen and oxygen atoms in total. The van der Waals surface area contributed by atoms with Crippen LogP contribution in [0.5, 0.6) is 0 Å². The molecule has 0 spiro atoms. The number of urea groups is 1. The Kier molecular flexibility index (Phi) is 7.87. The summed E-state index contributed by atoms with van der Waals surface area (Å²) in [6.45, 7) is 0.0806. The SMILES string of the molecule is COC[C@H](c1cnn2cc([C@@H](COC(C)(C)C(F)(F)F)c3nonc3C(N)=O)nc2c1)N1C[C@@H](C(F)(F)F)NC1=O. The van der Waals surface area contributed by atoms with Crippen molar-refractivity contribution in [1.82, 2.24) is 35.1 Å². The molecule has 3 N–H and O–H groups in total. The number of aromatic nitrogens is 5. The molecular formula is C22H24F6N8O5. The van der Waals surface area contributed by atoms with Gasteiger partial charge in [0.05, 0.1) is 49.8 Å². The van der Waals surface area contributed by atoms with E-state index in [0.29, 0.717) is 0 Å². The quantitative estimate of drug-likeness (QED) is 0.336. The van der Waals surface area contributed by atoms with E-state index in [1.165, 1.54) is 30.1 Å². The smallest absolute Gasteiger partial charge is 0.382 e. The van der Waals surface area contributed by atoms with E-state index in [4.69, 9.17) is 15.2 Å². The lowest BCUT2D eigenvalue weighted by Gasteiger charge is -2.29. The van der Waals surface area contributed by atoms with Gasteiger partial charge in [0.1, 0.15) is 11.7 Å². The van der Waals surface area contributed by atoms with E-state index in [9.17, 15) is 35.9 Å². The second-order valence-corrected chi connectivity index (χ2v) is 9.66. The second-order valence-electron chi connectivity index (χ2n) is 9.66. The molecule has 0 saturated carbocycles. The number of hydrogen-bond acceptors (Lipinski definition) is 9. The number of alkyl halides is 6. The summed E-state index contributed by atoms with van der Waals surface area (Å²) in [6, 6.07) is -2.61. The Hall–Kier alpha value is -4.00. The number of halogens is 6. The Morgan fingerprint density at radius 1 is 1.22 bits per heavy atom. The van der Waals surface area contributed by atoms with Crippen LogP contribution in [0, 0.1) is 0 Å². The number of nitrogens with zero attached hydrogens (tertiary/aromatic N) is 6. The first-order valence-corrected chi connectivity index (χ1v) is 11.8. The van der Waals surface area contributed by atoms with Gasteiger partial charge in [-0.25, -0.2) is 18.9 Å². The lowest BCUT2D eigenvalue weighted by Crippen LogP contribution is -2.42. The number of rotatable bonds is 10. The third-order valence-electron chi connectivity index (χ3n) is 6.51. The fraction of sp³-hybridized carbons (Fsp3) is 0.545. The Bertz CT molecular complexity index is 1420. The van der Waals surface area contributed by atoms with E-state index < -0.39 is 66.7 Å². The van der Waals surface area contributed by atoms with E-state index in [0.717, 1.165) is 18.7 Å². The van der Waals surface area contributed by atoms with Crippen molar-refractivity contribution in [2.24, 2.45) is 5.73 Å². The summed E-state index contributed by atoms with van der Waals surface area (Å²) >= 11 is 0. The molecule has 4 rings (SSSR count). The maximum atomic E-state index is 13.5. The highest BCUT2D eigenvalue weighted by Gasteiger charge is 2.50. The van der Waals surface area contributed by atoms with E-state index in [-0.39, 0.29) is 29.2 Å². The van der Waals surface area contributed by atoms with Crippen LogP contribution in [0.3, 0.4) is 0 Å². The van der Waals surface area contributed by atoms with Crippen LogP contribution >= 0.6 is 0 Å². The van der Waals surface area contributed by atoms with Gasteiger partial charge in [-0.1, -0.05) is 5.16 Å². The van der Waals surface area contributed by atoms with E-state index in [1.54, 1.807) is 0 Å². The number of carbonyl (C=O) groups excluding carboxylic acids is 2. The van der Waals surface area contributed by atoms with Crippen LogP contribution in [-0.2, 0) is 9.47 Å². The molecule has 3 amide bonds. The molecule has 1 aliphatic heterocycles. The third-order valence-corrected chi connectivity index (χ3v) is 6.51. The molecule has 0 aliphatic carbocycles. The van der Waals surface area contributed by atoms with Crippen molar-refractivity contribution in [3.05, 3.63) is 41.1 Å². The van der Waals surface area contributed by atoms with E-state index in [2.05, 4.69) is 25.0 Å². The normalized spacial score (nSPS) is 18.1. The molecule has 3 aromatic heterocycles. The van der Waals surface area contributed by atoms with Gasteiger partial charge >= 0.3 is 18.4 Å². The highest BCUT2D eigenvalue weighted by molar-refractivity contribution is 5.91. The Labute approximate surface area is 226 Å². The van der Waals surface area contributed by atoms with Crippen molar-refractivity contribution in [2.75, 3.05) is 26.9 Å². The number of primary amides is 1. The fourth-order valence-electron chi connectivity index (χ4n) is 4.07. The van der Waals surface area contributed by atoms with Gasteiger partial charge in [-0.3, -0.25) is 4.79 Å². The van der Waals surface area contributed by atoms with Crippen molar-refractivity contribution in [3.63, 3.8) is 0 Å². The van der Waals surface area contributed by atoms with Crippen LogP contribution < -0.4 is 11.1 Å². The molecule has 224 valence electrons. The summed E-state index contributed by atoms with van der Waals surface area (Å²) in [5, 5.41) is 13.1. The molecule has 3 atom stereocenters. The summed E-state index contributed by atoms with van der Waals surface area (Å²) in [4.78, 5) is 29.6. The summed E-state index contributed by atoms with van der Waals surface area (Å²) in [7, 11) is 1.30. The van der Waals surface area contributed by atoms with Crippen LogP contribution in [0.15, 0.2) is 23.1 Å². The number of hydrogen-bond donors (Lipinski definition) is 2. The largest absolute Gasteiger partial charge is 0.416 e. The first kappa shape index (κ1) is 30.0. The zero-order valence-corrected chi connectivity index (χ0v) is 21.7. The highest BCUT2D eigenvalue weighted by atomic mass is 19.4. The molecule has 0 unspecified atom stereocenters. The predicted octanol–water partition coefficient (Wildman–Crippen LogP) is 2.34. The minimum Gasteiger partial charge on any atom is -0.382 e. The third kappa shape index (κ3) is 6.04. The predicted molar refractivity (Wildman–Crippen MR) is 123 cm³/mol. The van der Waals surface area contributed by atoms with Gasteiger partial charge in [-0.15, -0.1) is 0 Å². The van der Waals surface area contributed by atoms with E-state index in [1.807, 2.05) is 5.32 Å². The van der Waals surface area contributed by atoms with Gasteiger partial charge in [-0.05, 0) is 25.1 Å². The van der Waals surface area contributed by atoms with Crippen molar-refractivity contribution in [3.8, 4) is 0 Å². The van der Waals surface area contributed by atoms with Crippen molar-refractivity contribution in [2.45, 2.75) is 49.8 Å². The number of methoxy groups -OCH3 is 1. The van der Waals surface area contributed by atoms with Crippen LogP contribution in [0.1, 0.15) is 53.2 Å². The summed E-state index contributed by atoms with van der Waals surface area (Å²) < 4.78 is 96.1. The zero-order valence-electron chi connectivity index (χ0n) is 21.7. The van der Waals surface area contributed by atoms with Gasteiger partial charge in [0.2, 0.25) is 0 Å². The van der Waals surface area contributed by atoms with E-state index >= 15 is 0 Å². The van der Waals surface area contributed by atoms with Crippen LogP contribution in [0.25, 0.3) is 5.65 Å². The number of amides is 3. The maximum absolute atomic E-state index is 13.5. The average Bonchev–Trinajstić information content (AvgIpc) is 3.59. The minimum absolute atomic E-state index is 0.0326. The minimum atomic E-state index is -4.75. The maximum Gasteiger partial charge on any atom is 0.416 e. The average molecular weight is 594 g/mol. The number of nitrogens with two attached hydrogens (primary N) is 1. The van der Waals surface area contributed by atoms with Gasteiger partial charge < -0.3 is 25.4 Å². The second kappa shape index (κ2) is 10.8. The monoisotopic (exact) mass is 594 g/mol. The number of imidazole rings is 1. The molecule has 0 bridgehead atoms. The standard InChI is InChI=1S/C22H24F6N8O5/c1-20(2,22(26,27)28)40-8-11(16-17(18(29)37)34-41-33-16)12-6-36-15(31-12)4-10(5-30-36)13(9-39-3)35-7-14(21(23,24)25)32-19(35)38/h4-6,11,13-14H,7-9H2,1-3H3,(H2,29,37)(H,32,38)/t11-,13-,14+/m1/s1. The molecule has 4 heterocycles. The molecule has 3 aromatic rings. The number of carbonyl (C=O) groups is 2. The Morgan fingerprint density at radius 3 is 2.51 bits per heavy atom. The first-order valence-electron chi connectivity index (χ1n) is 11.8. The van der Waals surface area contributed by atoms with Crippen LogP contribution in [-0.4, -0.2) is 92.6 Å². The molecule has 0 aromatic carbocycles. The van der Waals surface area contributed by atoms with Gasteiger partial charge in [0, 0.05) is 12.7 Å². The van der Waals surface area contributed by atoms with Crippen LogP contribution in [0.4, 0.5) is 31.1 Å². The fourth-order valence-corrected chi connectivity index (χ4v) is 4.07. The summed E-state index contributed by atoms with van der Waals surface area (Å²) in [5.41, 5.74) is 2.43. The molecule has 19 heteroatoms. The Balaban J connectivity index is 1.71.